The van der Waals surface area contributed by atoms with Gasteiger partial charge < -0.3 is 9.47 Å². The number of carbonyl (C=O) groups excluding carboxylic acids is 2. The molecule has 0 spiro atoms. The fourth-order valence-corrected chi connectivity index (χ4v) is 3.07. The molecule has 0 aliphatic rings. The second kappa shape index (κ2) is 11.9. The summed E-state index contributed by atoms with van der Waals surface area (Å²) in [6.45, 7) is 3.78. The summed E-state index contributed by atoms with van der Waals surface area (Å²) < 4.78 is 185. The molecule has 2 amide bonds. The summed E-state index contributed by atoms with van der Waals surface area (Å²) in [5, 5.41) is 0. The Hall–Kier alpha value is -3.05. The van der Waals surface area contributed by atoms with Gasteiger partial charge in [0.25, 0.3) is 5.91 Å². The molecule has 0 heterocycles. The minimum absolute atomic E-state index is 0.0145. The number of amides is 2. The number of carbonyl (C=O) groups is 2. The first-order valence-electron chi connectivity index (χ1n) is 11.4. The maximum Gasteiger partial charge on any atom is 0.460 e. The van der Waals surface area contributed by atoms with E-state index in [1.807, 2.05) is 0 Å². The normalized spacial score (nSPS) is 15.9. The van der Waals surface area contributed by atoms with Gasteiger partial charge in [0.15, 0.2) is 6.10 Å². The number of allylic oxidation sites excluding steroid dienone is 1. The predicted octanol–water partition coefficient (Wildman–Crippen LogP) is 8.03. The topological polar surface area (TPSA) is 55.8 Å². The zero-order chi connectivity index (χ0) is 33.3. The van der Waals surface area contributed by atoms with E-state index in [0.717, 1.165) is 7.11 Å². The molecule has 240 valence electrons. The van der Waals surface area contributed by atoms with Crippen LogP contribution in [0.5, 0.6) is 0 Å². The predicted molar refractivity (Wildman–Crippen MR) is 118 cm³/mol. The fraction of sp³-hybridized carbons (Fsp3) is 0.583. The van der Waals surface area contributed by atoms with Gasteiger partial charge in [-0.15, -0.1) is 0 Å². The smallest absolute Gasteiger partial charge is 0.443 e. The maximum atomic E-state index is 14.5. The van der Waals surface area contributed by atoms with Crippen molar-refractivity contribution >= 4 is 12.0 Å². The summed E-state index contributed by atoms with van der Waals surface area (Å²) in [5.74, 6) is -42.8. The second-order valence-electron chi connectivity index (χ2n) is 9.76. The van der Waals surface area contributed by atoms with Crippen LogP contribution in [-0.4, -0.2) is 65.4 Å². The number of benzene rings is 1. The van der Waals surface area contributed by atoms with Crippen LogP contribution >= 0.6 is 0 Å². The SMILES string of the molecule is CO[C@H](C(=O)N(/C=C/[C@@H](C)C(F)(F)C(F)(F)C(F)(F)C(F)(F)C(F)(F)C(F)(F)F)C(=O)OC(C)(C)C)c1ccccc1. The van der Waals surface area contributed by atoms with Gasteiger partial charge in [-0.05, 0) is 26.3 Å². The lowest BCUT2D eigenvalue weighted by Crippen LogP contribution is -2.70. The molecule has 5 nitrogen and oxygen atoms in total. The number of rotatable bonds is 10. The van der Waals surface area contributed by atoms with Gasteiger partial charge in [-0.3, -0.25) is 4.79 Å². The number of halogens is 13. The molecule has 2 atom stereocenters. The van der Waals surface area contributed by atoms with Crippen molar-refractivity contribution in [3.8, 4) is 0 Å². The molecule has 0 saturated heterocycles. The maximum absolute atomic E-state index is 14.5. The average Bonchev–Trinajstić information content (AvgIpc) is 2.82. The van der Waals surface area contributed by atoms with Crippen molar-refractivity contribution in [2.45, 2.75) is 75.2 Å². The number of methoxy groups -OCH3 is 1. The van der Waals surface area contributed by atoms with Crippen molar-refractivity contribution in [3.05, 3.63) is 48.2 Å². The van der Waals surface area contributed by atoms with Crippen LogP contribution in [-0.2, 0) is 14.3 Å². The van der Waals surface area contributed by atoms with E-state index >= 15 is 0 Å². The first-order valence-corrected chi connectivity index (χ1v) is 11.4. The Morgan fingerprint density at radius 2 is 1.21 bits per heavy atom. The number of nitrogens with zero attached hydrogens (tertiary/aromatic N) is 1. The number of imide groups is 1. The van der Waals surface area contributed by atoms with E-state index in [1.165, 1.54) is 51.1 Å². The highest BCUT2D eigenvalue weighted by molar-refractivity contribution is 5.96. The lowest BCUT2D eigenvalue weighted by molar-refractivity contribution is -0.441. The molecular weight excluding hydrogens is 613 g/mol. The average molecular weight is 637 g/mol. The van der Waals surface area contributed by atoms with Crippen molar-refractivity contribution in [3.63, 3.8) is 0 Å². The Morgan fingerprint density at radius 3 is 1.62 bits per heavy atom. The van der Waals surface area contributed by atoms with E-state index in [1.54, 1.807) is 0 Å². The van der Waals surface area contributed by atoms with E-state index in [4.69, 9.17) is 9.47 Å². The van der Waals surface area contributed by atoms with Gasteiger partial charge in [-0.25, -0.2) is 9.69 Å². The molecular formula is C24H24F13NO4. The zero-order valence-electron chi connectivity index (χ0n) is 22.2. The summed E-state index contributed by atoms with van der Waals surface area (Å²) in [4.78, 5) is 25.6. The van der Waals surface area contributed by atoms with E-state index in [0.29, 0.717) is 0 Å². The van der Waals surface area contributed by atoms with Crippen molar-refractivity contribution < 1.29 is 76.1 Å². The molecule has 0 bridgehead atoms. The standard InChI is InChI=1S/C24H24F13NO4/c1-13(19(25,26)20(27,28)21(29,30)22(31,32)23(33,34)24(35,36)37)11-12-38(17(40)42-18(2,3)4)16(39)15(41-5)14-9-7-6-8-10-14/h6-13,15H,1-5H3/b12-11+/t13-,15+/m1/s1. The monoisotopic (exact) mass is 637 g/mol. The molecule has 0 radical (unpaired) electrons. The summed E-state index contributed by atoms with van der Waals surface area (Å²) in [5.41, 5.74) is -1.32. The summed E-state index contributed by atoms with van der Waals surface area (Å²) in [7, 11) is 0.961. The number of hydrogen-bond acceptors (Lipinski definition) is 4. The number of hydrogen-bond donors (Lipinski definition) is 0. The van der Waals surface area contributed by atoms with E-state index in [9.17, 15) is 66.7 Å². The quantitative estimate of drug-likeness (QED) is 0.244. The van der Waals surface area contributed by atoms with E-state index < -0.39 is 65.4 Å². The first-order chi connectivity index (χ1) is 18.6. The molecule has 42 heavy (non-hydrogen) atoms. The molecule has 0 aliphatic carbocycles. The van der Waals surface area contributed by atoms with Crippen LogP contribution in [0.1, 0.15) is 39.4 Å². The third kappa shape index (κ3) is 6.78. The van der Waals surface area contributed by atoms with Crippen LogP contribution in [0.25, 0.3) is 0 Å². The Labute approximate surface area is 230 Å². The largest absolute Gasteiger partial charge is 0.460 e. The van der Waals surface area contributed by atoms with Gasteiger partial charge >= 0.3 is 41.9 Å². The van der Waals surface area contributed by atoms with Gasteiger partial charge in [0.05, 0.1) is 0 Å². The Morgan fingerprint density at radius 1 is 0.762 bits per heavy atom. The highest BCUT2D eigenvalue weighted by Gasteiger charge is 2.91. The third-order valence-corrected chi connectivity index (χ3v) is 5.44. The molecule has 0 aromatic heterocycles. The molecule has 0 saturated carbocycles. The number of ether oxygens (including phenoxy) is 2. The van der Waals surface area contributed by atoms with Crippen LogP contribution < -0.4 is 0 Å². The molecule has 18 heteroatoms. The molecule has 0 unspecified atom stereocenters. The molecule has 1 rings (SSSR count). The van der Waals surface area contributed by atoms with Gasteiger partial charge in [0.1, 0.15) is 5.60 Å². The fourth-order valence-electron chi connectivity index (χ4n) is 3.07. The minimum atomic E-state index is -8.06. The van der Waals surface area contributed by atoms with Gasteiger partial charge in [-0.1, -0.05) is 43.3 Å². The summed E-state index contributed by atoms with van der Waals surface area (Å²) in [6, 6.07) is 6.93. The van der Waals surface area contributed by atoms with Crippen LogP contribution in [0, 0.1) is 5.92 Å². The van der Waals surface area contributed by atoms with Gasteiger partial charge in [0.2, 0.25) is 0 Å². The molecule has 0 aliphatic heterocycles. The van der Waals surface area contributed by atoms with Gasteiger partial charge in [0, 0.05) is 19.2 Å². The van der Waals surface area contributed by atoms with Crippen LogP contribution in [0.15, 0.2) is 42.6 Å². The lowest BCUT2D eigenvalue weighted by atomic mass is 9.88. The Kier molecular flexibility index (Phi) is 10.5. The van der Waals surface area contributed by atoms with Crippen LogP contribution in [0.2, 0.25) is 0 Å². The number of alkyl halides is 13. The van der Waals surface area contributed by atoms with E-state index in [2.05, 4.69) is 0 Å². The van der Waals surface area contributed by atoms with Crippen LogP contribution in [0.3, 0.4) is 0 Å². The van der Waals surface area contributed by atoms with Crippen molar-refractivity contribution in [2.75, 3.05) is 7.11 Å². The lowest BCUT2D eigenvalue weighted by Gasteiger charge is -2.40. The minimum Gasteiger partial charge on any atom is -0.443 e. The molecule has 0 N–H and O–H groups in total. The van der Waals surface area contributed by atoms with E-state index in [-0.39, 0.29) is 29.7 Å². The van der Waals surface area contributed by atoms with Crippen molar-refractivity contribution in [1.29, 1.82) is 0 Å². The first kappa shape index (κ1) is 37.0. The van der Waals surface area contributed by atoms with Gasteiger partial charge in [-0.2, -0.15) is 57.1 Å². The van der Waals surface area contributed by atoms with Crippen LogP contribution in [0.4, 0.5) is 61.9 Å². The highest BCUT2D eigenvalue weighted by Crippen LogP contribution is 2.61. The summed E-state index contributed by atoms with van der Waals surface area (Å²) >= 11 is 0. The Bertz CT molecular complexity index is 1130. The molecule has 1 aromatic rings. The highest BCUT2D eigenvalue weighted by atomic mass is 19.4. The zero-order valence-corrected chi connectivity index (χ0v) is 22.2. The van der Waals surface area contributed by atoms with Crippen molar-refractivity contribution in [2.24, 2.45) is 5.92 Å². The second-order valence-corrected chi connectivity index (χ2v) is 9.76. The molecule has 1 aromatic carbocycles. The Balaban J connectivity index is 3.58. The third-order valence-electron chi connectivity index (χ3n) is 5.44. The summed E-state index contributed by atoms with van der Waals surface area (Å²) in [6.07, 6.45) is -11.1. The van der Waals surface area contributed by atoms with Crippen molar-refractivity contribution in [1.82, 2.24) is 4.90 Å². The molecule has 0 fully saturated rings.